The standard InChI is InChI=1S/C7H12N4S/c8-4-7(2-1-3-7)11-6-9-5-10-12-6/h5H,1-4,8H2,(H,9,10,11). The molecule has 1 fully saturated rings. The van der Waals surface area contributed by atoms with Gasteiger partial charge in [0.2, 0.25) is 5.13 Å². The van der Waals surface area contributed by atoms with Gasteiger partial charge in [-0.15, -0.1) is 0 Å². The van der Waals surface area contributed by atoms with Gasteiger partial charge >= 0.3 is 0 Å². The van der Waals surface area contributed by atoms with Crippen molar-refractivity contribution in [3.8, 4) is 0 Å². The number of anilines is 1. The number of nitrogens with one attached hydrogen (secondary N) is 1. The second kappa shape index (κ2) is 2.99. The monoisotopic (exact) mass is 184 g/mol. The molecule has 0 radical (unpaired) electrons. The van der Waals surface area contributed by atoms with Crippen LogP contribution in [0, 0.1) is 0 Å². The van der Waals surface area contributed by atoms with E-state index in [1.54, 1.807) is 6.33 Å². The molecule has 0 aromatic carbocycles. The zero-order valence-corrected chi connectivity index (χ0v) is 7.60. The zero-order chi connectivity index (χ0) is 8.44. The highest BCUT2D eigenvalue weighted by molar-refractivity contribution is 7.09. The van der Waals surface area contributed by atoms with Crippen LogP contribution in [-0.4, -0.2) is 21.4 Å². The number of nitrogens with two attached hydrogens (primary N) is 1. The Morgan fingerprint density at radius 1 is 1.67 bits per heavy atom. The molecule has 0 amide bonds. The van der Waals surface area contributed by atoms with Crippen molar-refractivity contribution in [2.24, 2.45) is 5.73 Å². The van der Waals surface area contributed by atoms with Crippen molar-refractivity contribution in [1.29, 1.82) is 0 Å². The fourth-order valence-corrected chi connectivity index (χ4v) is 1.99. The van der Waals surface area contributed by atoms with Crippen molar-refractivity contribution >= 4 is 16.7 Å². The molecule has 0 aliphatic heterocycles. The van der Waals surface area contributed by atoms with E-state index in [-0.39, 0.29) is 5.54 Å². The van der Waals surface area contributed by atoms with E-state index in [9.17, 15) is 0 Å². The summed E-state index contributed by atoms with van der Waals surface area (Å²) in [5.41, 5.74) is 5.80. The Kier molecular flexibility index (Phi) is 1.98. The smallest absolute Gasteiger partial charge is 0.202 e. The first-order valence-corrected chi connectivity index (χ1v) is 4.87. The molecule has 0 spiro atoms. The van der Waals surface area contributed by atoms with E-state index in [4.69, 9.17) is 5.73 Å². The maximum atomic E-state index is 5.68. The quantitative estimate of drug-likeness (QED) is 0.730. The Bertz CT molecular complexity index is 236. The highest BCUT2D eigenvalue weighted by Crippen LogP contribution is 2.34. The third-order valence-corrected chi connectivity index (χ3v) is 3.01. The highest BCUT2D eigenvalue weighted by Gasteiger charge is 2.35. The molecule has 1 heterocycles. The first-order valence-electron chi connectivity index (χ1n) is 4.10. The van der Waals surface area contributed by atoms with Gasteiger partial charge in [0, 0.05) is 18.1 Å². The van der Waals surface area contributed by atoms with Crippen LogP contribution in [0.1, 0.15) is 19.3 Å². The topological polar surface area (TPSA) is 63.8 Å². The summed E-state index contributed by atoms with van der Waals surface area (Å²) >= 11 is 1.39. The average molecular weight is 184 g/mol. The van der Waals surface area contributed by atoms with Crippen LogP contribution in [0.15, 0.2) is 6.33 Å². The maximum absolute atomic E-state index is 5.68. The molecule has 5 heteroatoms. The molecular formula is C7H12N4S. The second-order valence-corrected chi connectivity index (χ2v) is 3.99. The Labute approximate surface area is 75.4 Å². The largest absolute Gasteiger partial charge is 0.354 e. The summed E-state index contributed by atoms with van der Waals surface area (Å²) in [5.74, 6) is 0. The SMILES string of the molecule is NCC1(Nc2ncns2)CCC1. The first kappa shape index (κ1) is 7.94. The third kappa shape index (κ3) is 1.30. The Morgan fingerprint density at radius 2 is 2.50 bits per heavy atom. The van der Waals surface area contributed by atoms with E-state index in [2.05, 4.69) is 14.7 Å². The van der Waals surface area contributed by atoms with Gasteiger partial charge in [-0.3, -0.25) is 0 Å². The van der Waals surface area contributed by atoms with Crippen molar-refractivity contribution in [3.05, 3.63) is 6.33 Å². The summed E-state index contributed by atoms with van der Waals surface area (Å²) in [4.78, 5) is 4.07. The molecule has 0 atom stereocenters. The molecule has 0 unspecified atom stereocenters. The molecular weight excluding hydrogens is 172 g/mol. The van der Waals surface area contributed by atoms with Crippen LogP contribution in [0.2, 0.25) is 0 Å². The molecule has 2 rings (SSSR count). The van der Waals surface area contributed by atoms with Gasteiger partial charge in [-0.1, -0.05) is 0 Å². The zero-order valence-electron chi connectivity index (χ0n) is 6.79. The minimum absolute atomic E-state index is 0.125. The summed E-state index contributed by atoms with van der Waals surface area (Å²) in [6, 6.07) is 0. The molecule has 66 valence electrons. The van der Waals surface area contributed by atoms with Gasteiger partial charge in [0.1, 0.15) is 6.33 Å². The van der Waals surface area contributed by atoms with Crippen molar-refractivity contribution in [2.45, 2.75) is 24.8 Å². The lowest BCUT2D eigenvalue weighted by atomic mass is 9.77. The van der Waals surface area contributed by atoms with Crippen LogP contribution in [0.5, 0.6) is 0 Å². The fourth-order valence-electron chi connectivity index (χ4n) is 1.44. The molecule has 3 N–H and O–H groups in total. The van der Waals surface area contributed by atoms with E-state index in [1.807, 2.05) is 0 Å². The summed E-state index contributed by atoms with van der Waals surface area (Å²) in [5, 5.41) is 4.23. The number of rotatable bonds is 3. The predicted molar refractivity (Wildman–Crippen MR) is 49.2 cm³/mol. The van der Waals surface area contributed by atoms with Crippen molar-refractivity contribution < 1.29 is 0 Å². The van der Waals surface area contributed by atoms with E-state index in [0.29, 0.717) is 6.54 Å². The van der Waals surface area contributed by atoms with Gasteiger partial charge in [-0.2, -0.15) is 4.37 Å². The average Bonchev–Trinajstić information content (AvgIpc) is 2.49. The summed E-state index contributed by atoms with van der Waals surface area (Å²) in [7, 11) is 0. The molecule has 1 aliphatic rings. The van der Waals surface area contributed by atoms with Crippen LogP contribution >= 0.6 is 11.5 Å². The van der Waals surface area contributed by atoms with Gasteiger partial charge in [0.05, 0.1) is 5.54 Å². The molecule has 1 aliphatic carbocycles. The highest BCUT2D eigenvalue weighted by atomic mass is 32.1. The van der Waals surface area contributed by atoms with Crippen LogP contribution in [0.4, 0.5) is 5.13 Å². The number of nitrogens with zero attached hydrogens (tertiary/aromatic N) is 2. The lowest BCUT2D eigenvalue weighted by molar-refractivity contribution is 0.287. The Balaban J connectivity index is 2.01. The summed E-state index contributed by atoms with van der Waals surface area (Å²) in [6.45, 7) is 0.687. The van der Waals surface area contributed by atoms with Crippen LogP contribution in [-0.2, 0) is 0 Å². The molecule has 1 aromatic rings. The van der Waals surface area contributed by atoms with Gasteiger partial charge in [-0.25, -0.2) is 4.98 Å². The molecule has 0 saturated heterocycles. The van der Waals surface area contributed by atoms with Crippen LogP contribution in [0.25, 0.3) is 0 Å². The second-order valence-electron chi connectivity index (χ2n) is 3.21. The predicted octanol–water partition coefficient (Wildman–Crippen LogP) is 0.831. The van der Waals surface area contributed by atoms with E-state index < -0.39 is 0 Å². The van der Waals surface area contributed by atoms with Crippen molar-refractivity contribution in [3.63, 3.8) is 0 Å². The van der Waals surface area contributed by atoms with E-state index in [0.717, 1.165) is 18.0 Å². The lowest BCUT2D eigenvalue weighted by Gasteiger charge is -2.41. The number of aromatic nitrogens is 2. The molecule has 12 heavy (non-hydrogen) atoms. The molecule has 1 saturated carbocycles. The lowest BCUT2D eigenvalue weighted by Crippen LogP contribution is -2.51. The number of hydrogen-bond acceptors (Lipinski definition) is 5. The van der Waals surface area contributed by atoms with Crippen LogP contribution in [0.3, 0.4) is 0 Å². The maximum Gasteiger partial charge on any atom is 0.202 e. The minimum Gasteiger partial charge on any atom is -0.354 e. The van der Waals surface area contributed by atoms with Gasteiger partial charge in [0.25, 0.3) is 0 Å². The molecule has 1 aromatic heterocycles. The van der Waals surface area contributed by atoms with Crippen molar-refractivity contribution in [2.75, 3.05) is 11.9 Å². The summed E-state index contributed by atoms with van der Waals surface area (Å²) < 4.78 is 3.93. The van der Waals surface area contributed by atoms with Gasteiger partial charge in [0.15, 0.2) is 0 Å². The third-order valence-electron chi connectivity index (χ3n) is 2.43. The normalized spacial score (nSPS) is 20.1. The molecule has 4 nitrogen and oxygen atoms in total. The van der Waals surface area contributed by atoms with Crippen LogP contribution < -0.4 is 11.1 Å². The Hall–Kier alpha value is -0.680. The van der Waals surface area contributed by atoms with Crippen molar-refractivity contribution in [1.82, 2.24) is 9.36 Å². The van der Waals surface area contributed by atoms with Gasteiger partial charge in [-0.05, 0) is 19.3 Å². The fraction of sp³-hybridized carbons (Fsp3) is 0.714. The first-order chi connectivity index (χ1) is 5.85. The van der Waals surface area contributed by atoms with E-state index in [1.165, 1.54) is 18.0 Å². The Morgan fingerprint density at radius 3 is 2.92 bits per heavy atom. The number of hydrogen-bond donors (Lipinski definition) is 2. The van der Waals surface area contributed by atoms with E-state index >= 15 is 0 Å². The summed E-state index contributed by atoms with van der Waals surface area (Å²) in [6.07, 6.45) is 5.14. The molecule has 0 bridgehead atoms. The van der Waals surface area contributed by atoms with Gasteiger partial charge < -0.3 is 11.1 Å². The minimum atomic E-state index is 0.125.